The molecule has 0 saturated carbocycles. The van der Waals surface area contributed by atoms with Gasteiger partial charge < -0.3 is 15.8 Å². The lowest BCUT2D eigenvalue weighted by atomic mass is 10.5. The van der Waals surface area contributed by atoms with Crippen LogP contribution in [0.3, 0.4) is 0 Å². The Morgan fingerprint density at radius 1 is 1.33 bits per heavy atom. The molecule has 0 fully saturated rings. The Morgan fingerprint density at radius 3 is 2.56 bits per heavy atom. The second-order valence-electron chi connectivity index (χ2n) is 4.16. The lowest BCUT2D eigenvalue weighted by Gasteiger charge is -2.12. The summed E-state index contributed by atoms with van der Waals surface area (Å²) in [4.78, 5) is 11.9. The van der Waals surface area contributed by atoms with Gasteiger partial charge in [0.2, 0.25) is 11.9 Å². The van der Waals surface area contributed by atoms with Crippen LogP contribution < -0.4 is 15.8 Å². The van der Waals surface area contributed by atoms with Gasteiger partial charge in [0.05, 0.1) is 6.10 Å². The molecule has 1 rings (SSSR count). The number of nitrogen functional groups attached to an aromatic ring is 1. The quantitative estimate of drug-likeness (QED) is 0.774. The molecule has 1 heterocycles. The SMILES string of the molecule is CC(C)Oc1nc(N)nc(NCC(C)S(C)=O)n1. The van der Waals surface area contributed by atoms with Gasteiger partial charge in [-0.3, -0.25) is 4.21 Å². The Morgan fingerprint density at radius 2 is 2.00 bits per heavy atom. The number of nitrogens with two attached hydrogens (primary N) is 1. The summed E-state index contributed by atoms with van der Waals surface area (Å²) in [6.45, 7) is 6.11. The van der Waals surface area contributed by atoms with Gasteiger partial charge in [-0.05, 0) is 20.8 Å². The Bertz CT molecular complexity index is 427. The van der Waals surface area contributed by atoms with Crippen LogP contribution in [0.25, 0.3) is 0 Å². The summed E-state index contributed by atoms with van der Waals surface area (Å²) < 4.78 is 16.6. The van der Waals surface area contributed by atoms with Crippen LogP contribution in [0, 0.1) is 0 Å². The van der Waals surface area contributed by atoms with Crippen molar-refractivity contribution >= 4 is 22.7 Å². The molecule has 2 atom stereocenters. The van der Waals surface area contributed by atoms with E-state index in [-0.39, 0.29) is 23.3 Å². The van der Waals surface area contributed by atoms with E-state index >= 15 is 0 Å². The highest BCUT2D eigenvalue weighted by Gasteiger charge is 2.10. The summed E-state index contributed by atoms with van der Waals surface area (Å²) in [7, 11) is -0.900. The zero-order valence-electron chi connectivity index (χ0n) is 11.0. The summed E-state index contributed by atoms with van der Waals surface area (Å²) in [6, 6.07) is 0.185. The lowest BCUT2D eigenvalue weighted by Crippen LogP contribution is -2.22. The van der Waals surface area contributed by atoms with E-state index in [4.69, 9.17) is 10.5 Å². The fourth-order valence-corrected chi connectivity index (χ4v) is 1.39. The van der Waals surface area contributed by atoms with E-state index in [9.17, 15) is 4.21 Å². The number of ether oxygens (including phenoxy) is 1. The summed E-state index contributed by atoms with van der Waals surface area (Å²) in [5, 5.41) is 2.96. The summed E-state index contributed by atoms with van der Waals surface area (Å²) in [5.41, 5.74) is 5.56. The molecule has 0 saturated heterocycles. The van der Waals surface area contributed by atoms with Gasteiger partial charge in [0, 0.05) is 28.9 Å². The molecule has 2 unspecified atom stereocenters. The van der Waals surface area contributed by atoms with E-state index in [0.717, 1.165) is 0 Å². The van der Waals surface area contributed by atoms with Gasteiger partial charge in [0.1, 0.15) is 0 Å². The average Bonchev–Trinajstić information content (AvgIpc) is 2.23. The van der Waals surface area contributed by atoms with Gasteiger partial charge >= 0.3 is 6.01 Å². The third-order valence-corrected chi connectivity index (χ3v) is 3.39. The van der Waals surface area contributed by atoms with Crippen molar-refractivity contribution in [1.29, 1.82) is 0 Å². The Kier molecular flexibility index (Phi) is 5.26. The first-order valence-electron chi connectivity index (χ1n) is 5.62. The first-order chi connectivity index (χ1) is 8.38. The first kappa shape index (κ1) is 14.6. The van der Waals surface area contributed by atoms with Crippen molar-refractivity contribution < 1.29 is 8.95 Å². The zero-order valence-corrected chi connectivity index (χ0v) is 11.8. The molecule has 1 aromatic rings. The van der Waals surface area contributed by atoms with Gasteiger partial charge in [0.15, 0.2) is 0 Å². The minimum Gasteiger partial charge on any atom is -0.461 e. The van der Waals surface area contributed by atoms with Crippen LogP contribution in [0.15, 0.2) is 0 Å². The van der Waals surface area contributed by atoms with Crippen LogP contribution in [0.5, 0.6) is 6.01 Å². The van der Waals surface area contributed by atoms with Gasteiger partial charge in [-0.15, -0.1) is 0 Å². The Labute approximate surface area is 109 Å². The maximum atomic E-state index is 11.2. The highest BCUT2D eigenvalue weighted by atomic mass is 32.2. The monoisotopic (exact) mass is 273 g/mol. The maximum Gasteiger partial charge on any atom is 0.323 e. The fourth-order valence-electron chi connectivity index (χ4n) is 1.07. The van der Waals surface area contributed by atoms with Crippen molar-refractivity contribution in [2.45, 2.75) is 32.1 Å². The van der Waals surface area contributed by atoms with Gasteiger partial charge in [0.25, 0.3) is 0 Å². The van der Waals surface area contributed by atoms with Crippen LogP contribution >= 0.6 is 0 Å². The maximum absolute atomic E-state index is 11.2. The number of rotatable bonds is 6. The first-order valence-corrected chi connectivity index (χ1v) is 7.25. The normalized spacial score (nSPS) is 14.3. The van der Waals surface area contributed by atoms with Crippen molar-refractivity contribution in [2.24, 2.45) is 0 Å². The van der Waals surface area contributed by atoms with Crippen LogP contribution in [0.1, 0.15) is 20.8 Å². The van der Waals surface area contributed by atoms with Crippen LogP contribution in [0.4, 0.5) is 11.9 Å². The van der Waals surface area contributed by atoms with E-state index in [2.05, 4.69) is 20.3 Å². The number of hydrogen-bond donors (Lipinski definition) is 2. The van der Waals surface area contributed by atoms with E-state index in [0.29, 0.717) is 12.5 Å². The van der Waals surface area contributed by atoms with Gasteiger partial charge in [-0.25, -0.2) is 0 Å². The van der Waals surface area contributed by atoms with Crippen LogP contribution in [0.2, 0.25) is 0 Å². The molecule has 0 aliphatic heterocycles. The Balaban J connectivity index is 2.71. The molecule has 0 aliphatic rings. The molecule has 0 spiro atoms. The molecule has 18 heavy (non-hydrogen) atoms. The van der Waals surface area contributed by atoms with E-state index < -0.39 is 10.8 Å². The standard InChI is InChI=1S/C10H19N5O2S/c1-6(2)17-10-14-8(11)13-9(15-10)12-5-7(3)18(4)16/h6-7H,5H2,1-4H3,(H3,11,12,13,14,15). The number of nitrogens with one attached hydrogen (secondary N) is 1. The zero-order chi connectivity index (χ0) is 13.7. The molecule has 102 valence electrons. The minimum absolute atomic E-state index is 0.00235. The molecule has 0 aromatic carbocycles. The molecule has 0 bridgehead atoms. The van der Waals surface area contributed by atoms with Crippen molar-refractivity contribution in [3.63, 3.8) is 0 Å². The topological polar surface area (TPSA) is 103 Å². The minimum atomic E-state index is -0.900. The fraction of sp³-hybridized carbons (Fsp3) is 0.700. The smallest absolute Gasteiger partial charge is 0.323 e. The number of aromatic nitrogens is 3. The highest BCUT2D eigenvalue weighted by molar-refractivity contribution is 7.84. The lowest BCUT2D eigenvalue weighted by molar-refractivity contribution is 0.222. The second-order valence-corrected chi connectivity index (χ2v) is 5.96. The molecule has 0 aliphatic carbocycles. The molecule has 0 amide bonds. The van der Waals surface area contributed by atoms with Crippen molar-refractivity contribution in [1.82, 2.24) is 15.0 Å². The second kappa shape index (κ2) is 6.48. The number of anilines is 2. The molecule has 1 aromatic heterocycles. The van der Waals surface area contributed by atoms with Gasteiger partial charge in [-0.1, -0.05) is 0 Å². The predicted octanol–water partition coefficient (Wildman–Crippen LogP) is 0.420. The van der Waals surface area contributed by atoms with Crippen molar-refractivity contribution in [3.05, 3.63) is 0 Å². The molecular formula is C10H19N5O2S. The number of hydrogen-bond acceptors (Lipinski definition) is 7. The average molecular weight is 273 g/mol. The Hall–Kier alpha value is -1.44. The van der Waals surface area contributed by atoms with E-state index in [1.54, 1.807) is 6.26 Å². The summed E-state index contributed by atoms with van der Waals surface area (Å²) in [6.07, 6.45) is 1.61. The number of nitrogens with zero attached hydrogens (tertiary/aromatic N) is 3. The molecular weight excluding hydrogens is 254 g/mol. The third kappa shape index (κ3) is 4.82. The van der Waals surface area contributed by atoms with Crippen LogP contribution in [-0.2, 0) is 10.8 Å². The summed E-state index contributed by atoms with van der Waals surface area (Å²) >= 11 is 0. The van der Waals surface area contributed by atoms with E-state index in [1.165, 1.54) is 0 Å². The van der Waals surface area contributed by atoms with Gasteiger partial charge in [-0.2, -0.15) is 15.0 Å². The van der Waals surface area contributed by atoms with Crippen molar-refractivity contribution in [3.8, 4) is 6.01 Å². The molecule has 7 nitrogen and oxygen atoms in total. The largest absolute Gasteiger partial charge is 0.461 e. The molecule has 0 radical (unpaired) electrons. The highest BCUT2D eigenvalue weighted by Crippen LogP contribution is 2.10. The predicted molar refractivity (Wildman–Crippen MR) is 72.0 cm³/mol. The molecule has 3 N–H and O–H groups in total. The summed E-state index contributed by atoms with van der Waals surface area (Å²) in [5.74, 6) is 0.420. The third-order valence-electron chi connectivity index (χ3n) is 2.09. The van der Waals surface area contributed by atoms with Crippen LogP contribution in [-0.4, -0.2) is 43.3 Å². The van der Waals surface area contributed by atoms with E-state index in [1.807, 2.05) is 20.8 Å². The molecule has 8 heteroatoms. The van der Waals surface area contributed by atoms with Crippen molar-refractivity contribution in [2.75, 3.05) is 23.9 Å².